The van der Waals surface area contributed by atoms with Gasteiger partial charge in [0, 0.05) is 20.1 Å². The van der Waals surface area contributed by atoms with E-state index in [1.54, 1.807) is 18.2 Å². The topological polar surface area (TPSA) is 72.5 Å². The molecule has 0 aromatic heterocycles. The van der Waals surface area contributed by atoms with Crippen LogP contribution in [0.1, 0.15) is 6.42 Å². The summed E-state index contributed by atoms with van der Waals surface area (Å²) in [5.41, 5.74) is 0. The Bertz CT molecular complexity index is 756. The second-order valence-corrected chi connectivity index (χ2v) is 7.03. The van der Waals surface area contributed by atoms with Gasteiger partial charge in [0.25, 0.3) is 0 Å². The molecule has 0 fully saturated rings. The first kappa shape index (κ1) is 16.5. The van der Waals surface area contributed by atoms with Crippen molar-refractivity contribution in [1.82, 2.24) is 5.32 Å². The van der Waals surface area contributed by atoms with Crippen molar-refractivity contribution in [2.24, 2.45) is 0 Å². The molecule has 2 aromatic rings. The number of carbonyl (C=O) groups excluding carboxylic acids is 1. The third kappa shape index (κ3) is 4.29. The number of fused-ring (bicyclic) bond motifs is 1. The fourth-order valence-corrected chi connectivity index (χ4v) is 3.36. The van der Waals surface area contributed by atoms with E-state index in [4.69, 9.17) is 4.74 Å². The Morgan fingerprint density at radius 1 is 1.14 bits per heavy atom. The highest BCUT2D eigenvalue weighted by Gasteiger charge is 2.16. The van der Waals surface area contributed by atoms with Crippen LogP contribution in [-0.4, -0.2) is 40.3 Å². The lowest BCUT2D eigenvalue weighted by atomic mass is 10.1. The minimum absolute atomic E-state index is 0.0567. The summed E-state index contributed by atoms with van der Waals surface area (Å²) in [7, 11) is -1.93. The molecule has 1 N–H and O–H groups in total. The van der Waals surface area contributed by atoms with Crippen LogP contribution in [0.15, 0.2) is 47.4 Å². The number of amides is 1. The highest BCUT2D eigenvalue weighted by Crippen LogP contribution is 2.20. The highest BCUT2D eigenvalue weighted by atomic mass is 32.2. The zero-order chi connectivity index (χ0) is 16.0. The van der Waals surface area contributed by atoms with Gasteiger partial charge in [0.15, 0.2) is 9.84 Å². The third-order valence-electron chi connectivity index (χ3n) is 3.31. The van der Waals surface area contributed by atoms with Crippen LogP contribution < -0.4 is 5.32 Å². The van der Waals surface area contributed by atoms with E-state index in [9.17, 15) is 13.2 Å². The Balaban J connectivity index is 2.04. The zero-order valence-electron chi connectivity index (χ0n) is 12.4. The summed E-state index contributed by atoms with van der Waals surface area (Å²) in [6.07, 6.45) is -0.0567. The molecule has 0 radical (unpaired) electrons. The van der Waals surface area contributed by atoms with E-state index in [0.717, 1.165) is 10.8 Å². The molecule has 2 rings (SSSR count). The maximum absolute atomic E-state index is 12.3. The highest BCUT2D eigenvalue weighted by molar-refractivity contribution is 7.91. The summed E-state index contributed by atoms with van der Waals surface area (Å²) in [4.78, 5) is 11.8. The quantitative estimate of drug-likeness (QED) is 0.789. The Kier molecular flexibility index (Phi) is 5.51. The van der Waals surface area contributed by atoms with E-state index in [-0.39, 0.29) is 23.0 Å². The monoisotopic (exact) mass is 321 g/mol. The maximum atomic E-state index is 12.3. The summed E-state index contributed by atoms with van der Waals surface area (Å²) < 4.78 is 29.4. The molecular weight excluding hydrogens is 302 g/mol. The number of methoxy groups -OCH3 is 1. The predicted molar refractivity (Wildman–Crippen MR) is 85.5 cm³/mol. The van der Waals surface area contributed by atoms with Gasteiger partial charge >= 0.3 is 0 Å². The van der Waals surface area contributed by atoms with Crippen LogP contribution in [0.4, 0.5) is 0 Å². The number of benzene rings is 2. The number of hydrogen-bond acceptors (Lipinski definition) is 4. The lowest BCUT2D eigenvalue weighted by molar-refractivity contribution is -0.120. The molecule has 0 bridgehead atoms. The molecule has 0 saturated heterocycles. The van der Waals surface area contributed by atoms with E-state index in [1.165, 1.54) is 7.11 Å². The normalized spacial score (nSPS) is 11.5. The third-order valence-corrected chi connectivity index (χ3v) is 5.02. The minimum atomic E-state index is -3.47. The Hall–Kier alpha value is -1.92. The molecule has 0 heterocycles. The standard InChI is InChI=1S/C16H19NO4S/c1-21-10-9-17-16(18)8-11-22(19,20)15-7-6-13-4-2-3-5-14(13)12-15/h2-7,12H,8-11H2,1H3,(H,17,18). The van der Waals surface area contributed by atoms with Crippen LogP contribution in [0.5, 0.6) is 0 Å². The molecule has 0 unspecified atom stereocenters. The van der Waals surface area contributed by atoms with E-state index in [2.05, 4.69) is 5.32 Å². The first-order chi connectivity index (χ1) is 10.5. The molecule has 5 nitrogen and oxygen atoms in total. The van der Waals surface area contributed by atoms with Crippen LogP contribution in [0, 0.1) is 0 Å². The van der Waals surface area contributed by atoms with E-state index < -0.39 is 9.84 Å². The van der Waals surface area contributed by atoms with Crippen LogP contribution >= 0.6 is 0 Å². The van der Waals surface area contributed by atoms with Gasteiger partial charge in [-0.3, -0.25) is 4.79 Å². The summed E-state index contributed by atoms with van der Waals surface area (Å²) in [6.45, 7) is 0.786. The van der Waals surface area contributed by atoms with Crippen LogP contribution in [0.25, 0.3) is 10.8 Å². The second-order valence-electron chi connectivity index (χ2n) is 4.92. The first-order valence-corrected chi connectivity index (χ1v) is 8.65. The van der Waals surface area contributed by atoms with Crippen LogP contribution in [0.2, 0.25) is 0 Å². The van der Waals surface area contributed by atoms with Crippen molar-refractivity contribution < 1.29 is 17.9 Å². The summed E-state index contributed by atoms with van der Waals surface area (Å²) in [6, 6.07) is 12.6. The molecule has 22 heavy (non-hydrogen) atoms. The molecule has 0 aliphatic rings. The number of nitrogens with one attached hydrogen (secondary N) is 1. The zero-order valence-corrected chi connectivity index (χ0v) is 13.2. The fraction of sp³-hybridized carbons (Fsp3) is 0.312. The van der Waals surface area contributed by atoms with Gasteiger partial charge in [-0.1, -0.05) is 30.3 Å². The SMILES string of the molecule is COCCNC(=O)CCS(=O)(=O)c1ccc2ccccc2c1. The first-order valence-electron chi connectivity index (χ1n) is 7.00. The van der Waals surface area contributed by atoms with Crippen molar-refractivity contribution >= 4 is 26.5 Å². The van der Waals surface area contributed by atoms with Gasteiger partial charge in [-0.2, -0.15) is 0 Å². The summed E-state index contributed by atoms with van der Waals surface area (Å²) in [5.74, 6) is -0.495. The summed E-state index contributed by atoms with van der Waals surface area (Å²) in [5, 5.41) is 4.46. The van der Waals surface area contributed by atoms with Gasteiger partial charge in [-0.25, -0.2) is 8.42 Å². The van der Waals surface area contributed by atoms with Crippen molar-refractivity contribution in [3.63, 3.8) is 0 Å². The van der Waals surface area contributed by atoms with Gasteiger partial charge in [0.1, 0.15) is 0 Å². The molecule has 2 aromatic carbocycles. The number of carbonyl (C=O) groups is 1. The molecule has 1 amide bonds. The van der Waals surface area contributed by atoms with E-state index in [1.807, 2.05) is 24.3 Å². The maximum Gasteiger partial charge on any atom is 0.221 e. The average Bonchev–Trinajstić information content (AvgIpc) is 2.53. The second kappa shape index (κ2) is 7.38. The number of rotatable bonds is 7. The lowest BCUT2D eigenvalue weighted by Crippen LogP contribution is -2.28. The Morgan fingerprint density at radius 2 is 1.86 bits per heavy atom. The van der Waals surface area contributed by atoms with E-state index >= 15 is 0 Å². The van der Waals surface area contributed by atoms with Gasteiger partial charge in [0.2, 0.25) is 5.91 Å². The number of sulfone groups is 1. The predicted octanol–water partition coefficient (Wildman–Crippen LogP) is 1.77. The number of ether oxygens (including phenoxy) is 1. The van der Waals surface area contributed by atoms with Crippen molar-refractivity contribution in [2.75, 3.05) is 26.0 Å². The number of hydrogen-bond donors (Lipinski definition) is 1. The largest absolute Gasteiger partial charge is 0.383 e. The van der Waals surface area contributed by atoms with Crippen molar-refractivity contribution in [2.45, 2.75) is 11.3 Å². The Morgan fingerprint density at radius 3 is 2.59 bits per heavy atom. The van der Waals surface area contributed by atoms with Crippen LogP contribution in [-0.2, 0) is 19.4 Å². The molecule has 6 heteroatoms. The average molecular weight is 321 g/mol. The van der Waals surface area contributed by atoms with Gasteiger partial charge in [-0.15, -0.1) is 0 Å². The van der Waals surface area contributed by atoms with Crippen LogP contribution in [0.3, 0.4) is 0 Å². The Labute approximate surface area is 130 Å². The van der Waals surface area contributed by atoms with Gasteiger partial charge in [-0.05, 0) is 22.9 Å². The van der Waals surface area contributed by atoms with E-state index in [0.29, 0.717) is 13.2 Å². The summed E-state index contributed by atoms with van der Waals surface area (Å²) >= 11 is 0. The fourth-order valence-electron chi connectivity index (χ4n) is 2.09. The molecule has 118 valence electrons. The van der Waals surface area contributed by atoms with Crippen molar-refractivity contribution in [3.05, 3.63) is 42.5 Å². The molecular formula is C16H19NO4S. The van der Waals surface area contributed by atoms with Gasteiger partial charge in [0.05, 0.1) is 17.3 Å². The molecule has 0 aliphatic heterocycles. The molecule has 0 aliphatic carbocycles. The minimum Gasteiger partial charge on any atom is -0.383 e. The molecule has 0 atom stereocenters. The van der Waals surface area contributed by atoms with Gasteiger partial charge < -0.3 is 10.1 Å². The smallest absolute Gasteiger partial charge is 0.221 e. The molecule has 0 spiro atoms. The van der Waals surface area contributed by atoms with Crippen molar-refractivity contribution in [1.29, 1.82) is 0 Å². The molecule has 0 saturated carbocycles. The lowest BCUT2D eigenvalue weighted by Gasteiger charge is -2.07. The van der Waals surface area contributed by atoms with Crippen molar-refractivity contribution in [3.8, 4) is 0 Å².